The lowest BCUT2D eigenvalue weighted by atomic mass is 10.1. The van der Waals surface area contributed by atoms with E-state index in [1.165, 1.54) is 0 Å². The van der Waals surface area contributed by atoms with Crippen LogP contribution in [0.1, 0.15) is 18.7 Å². The van der Waals surface area contributed by atoms with Crippen LogP contribution in [0.5, 0.6) is 5.75 Å². The number of nitrogens with two attached hydrogens (primary N) is 1. The van der Waals surface area contributed by atoms with Crippen molar-refractivity contribution in [2.24, 2.45) is 5.73 Å². The van der Waals surface area contributed by atoms with Gasteiger partial charge in [0.25, 0.3) is 0 Å². The fourth-order valence-electron chi connectivity index (χ4n) is 2.92. The van der Waals surface area contributed by atoms with Gasteiger partial charge in [0.15, 0.2) is 0 Å². The minimum atomic E-state index is -0.0123. The van der Waals surface area contributed by atoms with E-state index in [4.69, 9.17) is 10.5 Å². The van der Waals surface area contributed by atoms with Crippen LogP contribution in [0.15, 0.2) is 30.7 Å². The number of anilines is 2. The van der Waals surface area contributed by atoms with Crippen LogP contribution in [0.3, 0.4) is 0 Å². The summed E-state index contributed by atoms with van der Waals surface area (Å²) in [5.41, 5.74) is 8.76. The molecule has 1 aromatic carbocycles. The van der Waals surface area contributed by atoms with E-state index >= 15 is 0 Å². The van der Waals surface area contributed by atoms with Crippen molar-refractivity contribution in [3.05, 3.63) is 36.4 Å². The van der Waals surface area contributed by atoms with Crippen molar-refractivity contribution in [2.45, 2.75) is 13.0 Å². The number of nitrogens with one attached hydrogen (secondary N) is 1. The van der Waals surface area contributed by atoms with Crippen LogP contribution < -0.4 is 20.3 Å². The maximum absolute atomic E-state index is 11.2. The van der Waals surface area contributed by atoms with Crippen LogP contribution in [0, 0.1) is 0 Å². The van der Waals surface area contributed by atoms with Crippen molar-refractivity contribution < 1.29 is 9.53 Å². The first-order valence-electron chi connectivity index (χ1n) is 7.72. The zero-order valence-electron chi connectivity index (χ0n) is 13.1. The number of aromatic nitrogens is 2. The van der Waals surface area contributed by atoms with E-state index in [-0.39, 0.29) is 6.04 Å². The molecule has 7 nitrogen and oxygen atoms in total. The summed E-state index contributed by atoms with van der Waals surface area (Å²) in [4.78, 5) is 22.3. The molecule has 0 bridgehead atoms. The minimum absolute atomic E-state index is 0.0123. The molecule has 1 amide bonds. The van der Waals surface area contributed by atoms with Crippen molar-refractivity contribution in [2.75, 3.05) is 36.0 Å². The lowest BCUT2D eigenvalue weighted by molar-refractivity contribution is -0.107. The molecule has 0 aliphatic carbocycles. The first-order valence-corrected chi connectivity index (χ1v) is 7.72. The highest BCUT2D eigenvalue weighted by molar-refractivity contribution is 5.79. The largest absolute Gasteiger partial charge is 0.490 e. The maximum atomic E-state index is 11.2. The van der Waals surface area contributed by atoms with E-state index in [9.17, 15) is 4.79 Å². The summed E-state index contributed by atoms with van der Waals surface area (Å²) >= 11 is 0. The Labute approximate surface area is 135 Å². The molecular formula is C16H21N5O2. The van der Waals surface area contributed by atoms with Gasteiger partial charge in [-0.3, -0.25) is 4.79 Å². The summed E-state index contributed by atoms with van der Waals surface area (Å²) in [6, 6.07) is 5.77. The molecule has 1 aliphatic rings. The number of hydrogen-bond donors (Lipinski definition) is 2. The van der Waals surface area contributed by atoms with Crippen LogP contribution in [-0.2, 0) is 4.79 Å². The zero-order valence-corrected chi connectivity index (χ0v) is 13.1. The molecule has 0 fully saturated rings. The summed E-state index contributed by atoms with van der Waals surface area (Å²) in [6.45, 7) is 4.34. The number of nitrogens with zero attached hydrogens (tertiary/aromatic N) is 3. The molecule has 0 saturated heterocycles. The number of ether oxygens (including phenoxy) is 1. The molecule has 3 rings (SSSR count). The first kappa shape index (κ1) is 15.4. The van der Waals surface area contributed by atoms with E-state index in [0.29, 0.717) is 19.7 Å². The fourth-order valence-corrected chi connectivity index (χ4v) is 2.92. The maximum Gasteiger partial charge on any atom is 0.214 e. The summed E-state index contributed by atoms with van der Waals surface area (Å²) < 4.78 is 5.75. The van der Waals surface area contributed by atoms with Crippen LogP contribution in [-0.4, -0.2) is 42.6 Å². The quantitative estimate of drug-likeness (QED) is 0.784. The van der Waals surface area contributed by atoms with Crippen LogP contribution in [0.4, 0.5) is 11.4 Å². The highest BCUT2D eigenvalue weighted by atomic mass is 16.5. The monoisotopic (exact) mass is 315 g/mol. The number of amides is 1. The van der Waals surface area contributed by atoms with Gasteiger partial charge in [-0.2, -0.15) is 0 Å². The zero-order chi connectivity index (χ0) is 16.2. The Morgan fingerprint density at radius 3 is 3.09 bits per heavy atom. The molecule has 1 aliphatic heterocycles. The van der Waals surface area contributed by atoms with Crippen molar-refractivity contribution in [3.63, 3.8) is 0 Å². The van der Waals surface area contributed by atoms with Crippen LogP contribution in [0.2, 0.25) is 0 Å². The van der Waals surface area contributed by atoms with Gasteiger partial charge in [0, 0.05) is 18.8 Å². The predicted octanol–water partition coefficient (Wildman–Crippen LogP) is 1.29. The van der Waals surface area contributed by atoms with Gasteiger partial charge >= 0.3 is 0 Å². The van der Waals surface area contributed by atoms with Gasteiger partial charge in [-0.1, -0.05) is 0 Å². The third-order valence-corrected chi connectivity index (χ3v) is 4.12. The molecule has 0 radical (unpaired) electrons. The van der Waals surface area contributed by atoms with Gasteiger partial charge in [0.2, 0.25) is 6.41 Å². The fraction of sp³-hybridized carbons (Fsp3) is 0.375. The highest BCUT2D eigenvalue weighted by Crippen LogP contribution is 2.38. The minimum Gasteiger partial charge on any atom is -0.490 e. The van der Waals surface area contributed by atoms with Gasteiger partial charge in [-0.15, -0.1) is 0 Å². The van der Waals surface area contributed by atoms with E-state index in [0.717, 1.165) is 35.8 Å². The van der Waals surface area contributed by atoms with Crippen molar-refractivity contribution >= 4 is 17.8 Å². The van der Waals surface area contributed by atoms with E-state index in [2.05, 4.69) is 14.9 Å². The molecule has 122 valence electrons. The molecule has 0 saturated carbocycles. The number of imidazole rings is 1. The van der Waals surface area contributed by atoms with E-state index in [1.54, 1.807) is 17.4 Å². The second kappa shape index (κ2) is 6.70. The SMILES string of the molecule is CCN(C=O)c1ccc2c(c1)N(C(CN)c1cnc[nH]1)CCO2. The van der Waals surface area contributed by atoms with Crippen molar-refractivity contribution in [3.8, 4) is 5.75 Å². The standard InChI is InChI=1S/C16H21N5O2/c1-2-20(11-22)12-3-4-16-14(7-12)21(5-6-23-16)15(8-17)13-9-18-10-19-13/h3-4,7,9-11,15H,2,5-6,8,17H2,1H3,(H,18,19). The average Bonchev–Trinajstić information content (AvgIpc) is 3.11. The van der Waals surface area contributed by atoms with Crippen LogP contribution in [0.25, 0.3) is 0 Å². The van der Waals surface area contributed by atoms with Crippen molar-refractivity contribution in [1.82, 2.24) is 9.97 Å². The Bertz CT molecular complexity index is 658. The molecule has 7 heteroatoms. The Balaban J connectivity index is 1.99. The summed E-state index contributed by atoms with van der Waals surface area (Å²) in [5, 5.41) is 0. The van der Waals surface area contributed by atoms with E-state index < -0.39 is 0 Å². The number of carbonyl (C=O) groups is 1. The number of H-pyrrole nitrogens is 1. The summed E-state index contributed by atoms with van der Waals surface area (Å²) in [5.74, 6) is 0.805. The highest BCUT2D eigenvalue weighted by Gasteiger charge is 2.27. The molecular weight excluding hydrogens is 294 g/mol. The second-order valence-electron chi connectivity index (χ2n) is 5.34. The second-order valence-corrected chi connectivity index (χ2v) is 5.34. The topological polar surface area (TPSA) is 87.5 Å². The number of aromatic amines is 1. The smallest absolute Gasteiger partial charge is 0.214 e. The van der Waals surface area contributed by atoms with Gasteiger partial charge in [-0.25, -0.2) is 4.98 Å². The van der Waals surface area contributed by atoms with Gasteiger partial charge in [0.1, 0.15) is 12.4 Å². The molecule has 1 unspecified atom stereocenters. The van der Waals surface area contributed by atoms with Crippen LogP contribution >= 0.6 is 0 Å². The number of benzene rings is 1. The number of rotatable bonds is 6. The van der Waals surface area contributed by atoms with Crippen molar-refractivity contribution in [1.29, 1.82) is 0 Å². The molecule has 1 atom stereocenters. The lowest BCUT2D eigenvalue weighted by Gasteiger charge is -2.37. The van der Waals surface area contributed by atoms with Gasteiger partial charge < -0.3 is 25.3 Å². The van der Waals surface area contributed by atoms with E-state index in [1.807, 2.05) is 25.1 Å². The third-order valence-electron chi connectivity index (χ3n) is 4.12. The normalized spacial score (nSPS) is 14.8. The summed E-state index contributed by atoms with van der Waals surface area (Å²) in [7, 11) is 0. The predicted molar refractivity (Wildman–Crippen MR) is 88.8 cm³/mol. The Morgan fingerprint density at radius 2 is 2.43 bits per heavy atom. The molecule has 0 spiro atoms. The molecule has 3 N–H and O–H groups in total. The Hall–Kier alpha value is -2.54. The molecule has 23 heavy (non-hydrogen) atoms. The van der Waals surface area contributed by atoms with Gasteiger partial charge in [-0.05, 0) is 25.1 Å². The van der Waals surface area contributed by atoms with Gasteiger partial charge in [0.05, 0.1) is 36.5 Å². The molecule has 1 aromatic heterocycles. The third kappa shape index (κ3) is 2.87. The summed E-state index contributed by atoms with van der Waals surface area (Å²) in [6.07, 6.45) is 4.28. The Morgan fingerprint density at radius 1 is 1.57 bits per heavy atom. The molecule has 2 heterocycles. The number of hydrogen-bond acceptors (Lipinski definition) is 5. The Kier molecular flexibility index (Phi) is 4.47. The average molecular weight is 315 g/mol. The molecule has 2 aromatic rings. The number of carbonyl (C=O) groups excluding carboxylic acids is 1. The number of fused-ring (bicyclic) bond motifs is 1. The lowest BCUT2D eigenvalue weighted by Crippen LogP contribution is -2.39. The first-order chi connectivity index (χ1) is 11.3.